The van der Waals surface area contributed by atoms with Crippen LogP contribution in [-0.4, -0.2) is 175 Å². The SMILES string of the molecule is COc1cc(/C=C/C(=O)OCC2O[C@@H](Oc3c(-c4ccc(O)c(O)c4)oc4cc(O[C@@H]5OC(C)[C@H](O)[C@H](O)C5O)cc(O)c4c3=O)C(O[C@@H]3OC(C)[C@H](O)[C@H](O)C3O)[C@@H](O)[C@@H]2O)cc(OC)c1C. The molecule has 7 rings (SSSR count). The zero-order chi connectivity index (χ0) is 49.5. The molecule has 370 valence electrons. The molecule has 0 amide bonds. The molecule has 0 aliphatic carbocycles. The Morgan fingerprint density at radius 3 is 1.91 bits per heavy atom. The van der Waals surface area contributed by atoms with E-state index in [9.17, 15) is 65.8 Å². The molecule has 6 unspecified atom stereocenters. The molecule has 0 saturated carbocycles. The van der Waals surface area contributed by atoms with Gasteiger partial charge in [0.1, 0.15) is 95.5 Å². The standard InChI is InChI=1S/C45H52O23/c1-16-25(59-4)10-19(11-26(16)60-5)6-9-29(49)61-15-28-33(52)37(56)42(68-44-39(58)36(55)32(51)18(3)63-44)45(66-28)67-41-34(53)30-24(48)13-21(64-43-38(57)35(54)31(50)17(2)62-43)14-27(30)65-40(41)20-7-8-22(46)23(47)12-20/h6-14,17-18,28,31-33,35-39,42-48,50-52,54-58H,15H2,1-5H3/b9-6+/t17?,18?,28?,31-,32-,33+,35-,36-,37-,38?,39?,42?,43-,44-,45-/m0/s1. The van der Waals surface area contributed by atoms with Crippen LogP contribution in [0.15, 0.2) is 57.8 Å². The molecule has 11 N–H and O–H groups in total. The topological polar surface area (TPSA) is 353 Å². The molecule has 4 aromatic rings. The maximum absolute atomic E-state index is 14.6. The van der Waals surface area contributed by atoms with Crippen molar-refractivity contribution in [3.63, 3.8) is 0 Å². The van der Waals surface area contributed by atoms with Crippen LogP contribution in [-0.2, 0) is 28.5 Å². The Morgan fingerprint density at radius 1 is 0.676 bits per heavy atom. The van der Waals surface area contributed by atoms with Crippen molar-refractivity contribution in [2.75, 3.05) is 20.8 Å². The molecule has 68 heavy (non-hydrogen) atoms. The molecule has 23 heteroatoms. The lowest BCUT2D eigenvalue weighted by Crippen LogP contribution is -2.64. The molecule has 15 atom stereocenters. The minimum Gasteiger partial charge on any atom is -0.507 e. The fourth-order valence-electron chi connectivity index (χ4n) is 7.79. The van der Waals surface area contributed by atoms with Gasteiger partial charge >= 0.3 is 5.97 Å². The number of hydrogen-bond acceptors (Lipinski definition) is 23. The number of methoxy groups -OCH3 is 2. The average molecular weight is 961 g/mol. The van der Waals surface area contributed by atoms with Gasteiger partial charge in [0, 0.05) is 29.3 Å². The minimum atomic E-state index is -2.09. The zero-order valence-electron chi connectivity index (χ0n) is 36.9. The number of esters is 1. The number of aliphatic hydroxyl groups is 8. The lowest BCUT2D eigenvalue weighted by atomic mass is 9.97. The molecule has 3 fully saturated rings. The molecular formula is C45H52O23. The lowest BCUT2D eigenvalue weighted by molar-refractivity contribution is -0.354. The first-order valence-electron chi connectivity index (χ1n) is 21.1. The third-order valence-electron chi connectivity index (χ3n) is 11.8. The van der Waals surface area contributed by atoms with E-state index >= 15 is 0 Å². The van der Waals surface area contributed by atoms with Crippen LogP contribution in [0.2, 0.25) is 0 Å². The summed E-state index contributed by atoms with van der Waals surface area (Å²) in [5.41, 5.74) is -0.510. The Labute approximate surface area is 385 Å². The number of aliphatic hydroxyl groups excluding tert-OH is 8. The van der Waals surface area contributed by atoms with Gasteiger partial charge in [0.05, 0.1) is 26.4 Å². The maximum Gasteiger partial charge on any atom is 0.330 e. The van der Waals surface area contributed by atoms with E-state index in [1.165, 1.54) is 40.2 Å². The summed E-state index contributed by atoms with van der Waals surface area (Å²) < 4.78 is 57.0. The molecule has 0 bridgehead atoms. The maximum atomic E-state index is 14.6. The fourth-order valence-corrected chi connectivity index (χ4v) is 7.79. The van der Waals surface area contributed by atoms with Gasteiger partial charge in [-0.3, -0.25) is 4.79 Å². The van der Waals surface area contributed by atoms with E-state index in [4.69, 9.17) is 47.0 Å². The van der Waals surface area contributed by atoms with Gasteiger partial charge in [-0.25, -0.2) is 4.79 Å². The van der Waals surface area contributed by atoms with Gasteiger partial charge in [0.25, 0.3) is 0 Å². The molecule has 3 aliphatic heterocycles. The first-order chi connectivity index (χ1) is 32.2. The van der Waals surface area contributed by atoms with Crippen molar-refractivity contribution in [3.05, 3.63) is 69.9 Å². The number of hydrogen-bond donors (Lipinski definition) is 11. The second-order valence-electron chi connectivity index (χ2n) is 16.3. The molecule has 0 spiro atoms. The predicted molar refractivity (Wildman–Crippen MR) is 229 cm³/mol. The monoisotopic (exact) mass is 960 g/mol. The predicted octanol–water partition coefficient (Wildman–Crippen LogP) is -0.596. The second-order valence-corrected chi connectivity index (χ2v) is 16.3. The van der Waals surface area contributed by atoms with Crippen LogP contribution < -0.4 is 24.4 Å². The van der Waals surface area contributed by atoms with Crippen molar-refractivity contribution in [3.8, 4) is 51.6 Å². The Hall–Kier alpha value is -5.80. The normalized spacial score (nSPS) is 31.9. The third kappa shape index (κ3) is 10.0. The highest BCUT2D eigenvalue weighted by atomic mass is 16.8. The highest BCUT2D eigenvalue weighted by Crippen LogP contribution is 2.41. The zero-order valence-corrected chi connectivity index (χ0v) is 36.9. The molecule has 3 aliphatic rings. The van der Waals surface area contributed by atoms with Gasteiger partial charge in [0.15, 0.2) is 29.7 Å². The van der Waals surface area contributed by atoms with Crippen LogP contribution >= 0.6 is 0 Å². The number of benzene rings is 3. The summed E-state index contributed by atoms with van der Waals surface area (Å²) in [6, 6.07) is 8.51. The summed E-state index contributed by atoms with van der Waals surface area (Å²) >= 11 is 0. The molecule has 0 radical (unpaired) electrons. The number of carbonyl (C=O) groups is 1. The highest BCUT2D eigenvalue weighted by molar-refractivity contribution is 5.89. The fraction of sp³-hybridized carbons (Fsp3) is 0.467. The van der Waals surface area contributed by atoms with E-state index in [0.29, 0.717) is 22.6 Å². The Kier molecular flexibility index (Phi) is 15.0. The van der Waals surface area contributed by atoms with Crippen LogP contribution in [0, 0.1) is 6.92 Å². The summed E-state index contributed by atoms with van der Waals surface area (Å²) in [7, 11) is 2.92. The molecule has 23 nitrogen and oxygen atoms in total. The number of ether oxygens (including phenoxy) is 9. The van der Waals surface area contributed by atoms with Crippen molar-refractivity contribution in [1.29, 1.82) is 0 Å². The first kappa shape index (κ1) is 50.1. The van der Waals surface area contributed by atoms with Gasteiger partial charge in [-0.1, -0.05) is 0 Å². The van der Waals surface area contributed by atoms with E-state index < -0.39 is 150 Å². The van der Waals surface area contributed by atoms with Crippen molar-refractivity contribution >= 4 is 23.0 Å². The second kappa shape index (κ2) is 20.4. The van der Waals surface area contributed by atoms with Crippen molar-refractivity contribution < 1.29 is 108 Å². The largest absolute Gasteiger partial charge is 0.507 e. The van der Waals surface area contributed by atoms with E-state index in [1.54, 1.807) is 19.1 Å². The van der Waals surface area contributed by atoms with Crippen LogP contribution in [0.4, 0.5) is 0 Å². The Bertz CT molecular complexity index is 2520. The number of phenols is 3. The number of rotatable bonds is 13. The first-order valence-corrected chi connectivity index (χ1v) is 21.1. The molecule has 1 aromatic heterocycles. The number of phenolic OH excluding ortho intramolecular Hbond substituents is 3. The van der Waals surface area contributed by atoms with E-state index in [0.717, 1.165) is 30.3 Å². The van der Waals surface area contributed by atoms with E-state index in [2.05, 4.69) is 0 Å². The van der Waals surface area contributed by atoms with Crippen LogP contribution in [0.25, 0.3) is 28.4 Å². The van der Waals surface area contributed by atoms with Crippen LogP contribution in [0.5, 0.6) is 40.2 Å². The quantitative estimate of drug-likeness (QED) is 0.0453. The van der Waals surface area contributed by atoms with Crippen LogP contribution in [0.3, 0.4) is 0 Å². The Balaban J connectivity index is 1.25. The lowest BCUT2D eigenvalue weighted by Gasteiger charge is -2.45. The van der Waals surface area contributed by atoms with Gasteiger partial charge < -0.3 is 103 Å². The summed E-state index contributed by atoms with van der Waals surface area (Å²) in [4.78, 5) is 27.6. The molecule has 3 aromatic carbocycles. The number of fused-ring (bicyclic) bond motifs is 1. The summed E-state index contributed by atoms with van der Waals surface area (Å²) in [6.07, 6.45) is -23.2. The third-order valence-corrected chi connectivity index (χ3v) is 11.8. The van der Waals surface area contributed by atoms with Gasteiger partial charge in [-0.15, -0.1) is 0 Å². The average Bonchev–Trinajstić information content (AvgIpc) is 3.31. The van der Waals surface area contributed by atoms with Crippen molar-refractivity contribution in [2.45, 2.75) is 113 Å². The van der Waals surface area contributed by atoms with Gasteiger partial charge in [0.2, 0.25) is 23.8 Å². The van der Waals surface area contributed by atoms with Crippen molar-refractivity contribution in [2.24, 2.45) is 0 Å². The number of carbonyl (C=O) groups excluding carboxylic acids is 1. The number of aromatic hydroxyl groups is 3. The van der Waals surface area contributed by atoms with Gasteiger partial charge in [-0.2, -0.15) is 0 Å². The Morgan fingerprint density at radius 2 is 1.29 bits per heavy atom. The highest BCUT2D eigenvalue weighted by Gasteiger charge is 2.52. The van der Waals surface area contributed by atoms with E-state index in [-0.39, 0.29) is 11.3 Å². The summed E-state index contributed by atoms with van der Waals surface area (Å²) in [5, 5.41) is 117. The molecule has 3 saturated heterocycles. The summed E-state index contributed by atoms with van der Waals surface area (Å²) in [5.74, 6) is -3.70. The van der Waals surface area contributed by atoms with E-state index in [1.807, 2.05) is 0 Å². The minimum absolute atomic E-state index is 0.149. The summed E-state index contributed by atoms with van der Waals surface area (Å²) in [6.45, 7) is 3.77. The smallest absolute Gasteiger partial charge is 0.330 e. The van der Waals surface area contributed by atoms with Crippen molar-refractivity contribution in [1.82, 2.24) is 0 Å². The van der Waals surface area contributed by atoms with Gasteiger partial charge in [-0.05, 0) is 62.7 Å². The molecule has 4 heterocycles. The van der Waals surface area contributed by atoms with Crippen LogP contribution in [0.1, 0.15) is 25.0 Å². The molecular weight excluding hydrogens is 908 g/mol.